The van der Waals surface area contributed by atoms with E-state index in [4.69, 9.17) is 9.47 Å². The van der Waals surface area contributed by atoms with E-state index in [1.165, 1.54) is 6.20 Å². The van der Waals surface area contributed by atoms with Gasteiger partial charge in [-0.2, -0.15) is 15.2 Å². The van der Waals surface area contributed by atoms with E-state index in [2.05, 4.69) is 25.7 Å². The highest BCUT2D eigenvalue weighted by atomic mass is 16.5. The van der Waals surface area contributed by atoms with Gasteiger partial charge in [-0.3, -0.25) is 5.43 Å². The largest absolute Gasteiger partial charge is 0.493 e. The molecular formula is C12H13N5O3. The summed E-state index contributed by atoms with van der Waals surface area (Å²) >= 11 is 0. The first-order valence-electron chi connectivity index (χ1n) is 5.66. The van der Waals surface area contributed by atoms with E-state index in [-0.39, 0.29) is 5.82 Å². The van der Waals surface area contributed by atoms with Crippen LogP contribution in [0.5, 0.6) is 11.5 Å². The molecule has 1 aromatic carbocycles. The molecule has 0 radical (unpaired) electrons. The van der Waals surface area contributed by atoms with Crippen LogP contribution in [0.25, 0.3) is 0 Å². The minimum absolute atomic E-state index is 0.255. The highest BCUT2D eigenvalue weighted by Gasteiger charge is 2.02. The predicted molar refractivity (Wildman–Crippen MR) is 73.4 cm³/mol. The molecule has 0 spiro atoms. The maximum atomic E-state index is 10.9. The Morgan fingerprint density at radius 1 is 1.30 bits per heavy atom. The number of hydrogen-bond acceptors (Lipinski definition) is 7. The third kappa shape index (κ3) is 3.31. The molecule has 0 unspecified atom stereocenters. The van der Waals surface area contributed by atoms with Crippen LogP contribution in [0, 0.1) is 0 Å². The van der Waals surface area contributed by atoms with Crippen molar-refractivity contribution < 1.29 is 9.47 Å². The van der Waals surface area contributed by atoms with Gasteiger partial charge in [0.05, 0.1) is 26.6 Å². The highest BCUT2D eigenvalue weighted by molar-refractivity contribution is 5.81. The average molecular weight is 275 g/mol. The van der Waals surface area contributed by atoms with Crippen molar-refractivity contribution in [1.82, 2.24) is 15.2 Å². The van der Waals surface area contributed by atoms with Gasteiger partial charge in [0.15, 0.2) is 17.3 Å². The van der Waals surface area contributed by atoms with Crippen LogP contribution >= 0.6 is 0 Å². The predicted octanol–water partition coefficient (Wildman–Crippen LogP) is 0.628. The van der Waals surface area contributed by atoms with Gasteiger partial charge >= 0.3 is 5.69 Å². The standard InChI is InChI=1S/C12H13N5O3/c1-19-9-4-3-8(5-10(9)20-2)6-13-16-11-7-14-17-12(18)15-11/h3-7H,1-2H3,(H2,15,16,17,18). The van der Waals surface area contributed by atoms with Crippen molar-refractivity contribution in [3.8, 4) is 11.5 Å². The Hall–Kier alpha value is -2.90. The molecule has 20 heavy (non-hydrogen) atoms. The van der Waals surface area contributed by atoms with Crippen molar-refractivity contribution in [3.05, 3.63) is 40.4 Å². The van der Waals surface area contributed by atoms with E-state index in [0.29, 0.717) is 11.5 Å². The molecule has 2 N–H and O–H groups in total. The summed E-state index contributed by atoms with van der Waals surface area (Å²) in [5.41, 5.74) is 2.86. The lowest BCUT2D eigenvalue weighted by Gasteiger charge is -2.07. The topological polar surface area (TPSA) is 101 Å². The minimum Gasteiger partial charge on any atom is -0.493 e. The zero-order chi connectivity index (χ0) is 14.4. The summed E-state index contributed by atoms with van der Waals surface area (Å²) < 4.78 is 10.3. The van der Waals surface area contributed by atoms with Crippen molar-refractivity contribution in [3.63, 3.8) is 0 Å². The van der Waals surface area contributed by atoms with Crippen LogP contribution in [-0.4, -0.2) is 35.6 Å². The molecule has 0 atom stereocenters. The molecule has 2 aromatic rings. The first-order valence-corrected chi connectivity index (χ1v) is 5.66. The number of aromatic amines is 1. The zero-order valence-electron chi connectivity index (χ0n) is 11.0. The summed E-state index contributed by atoms with van der Waals surface area (Å²) in [6.45, 7) is 0. The van der Waals surface area contributed by atoms with Gasteiger partial charge in [0.2, 0.25) is 0 Å². The molecule has 8 nitrogen and oxygen atoms in total. The van der Waals surface area contributed by atoms with Gasteiger partial charge in [-0.1, -0.05) is 0 Å². The van der Waals surface area contributed by atoms with Crippen LogP contribution in [-0.2, 0) is 0 Å². The van der Waals surface area contributed by atoms with Crippen LogP contribution in [0.2, 0.25) is 0 Å². The number of H-pyrrole nitrogens is 1. The second-order valence-electron chi connectivity index (χ2n) is 3.66. The lowest BCUT2D eigenvalue weighted by atomic mass is 10.2. The maximum Gasteiger partial charge on any atom is 0.363 e. The number of anilines is 1. The van der Waals surface area contributed by atoms with E-state index in [9.17, 15) is 4.79 Å². The summed E-state index contributed by atoms with van der Waals surface area (Å²) in [7, 11) is 3.13. The summed E-state index contributed by atoms with van der Waals surface area (Å²) in [6, 6.07) is 5.36. The molecule has 0 saturated heterocycles. The first kappa shape index (κ1) is 13.5. The van der Waals surface area contributed by atoms with Crippen molar-refractivity contribution in [1.29, 1.82) is 0 Å². The molecule has 0 aliphatic rings. The highest BCUT2D eigenvalue weighted by Crippen LogP contribution is 2.26. The smallest absolute Gasteiger partial charge is 0.363 e. The Morgan fingerprint density at radius 3 is 2.80 bits per heavy atom. The fraction of sp³-hybridized carbons (Fsp3) is 0.167. The minimum atomic E-state index is -0.545. The van der Waals surface area contributed by atoms with E-state index < -0.39 is 5.69 Å². The number of aromatic nitrogens is 3. The number of rotatable bonds is 5. The molecular weight excluding hydrogens is 262 g/mol. The van der Waals surface area contributed by atoms with Crippen LogP contribution in [0.15, 0.2) is 34.3 Å². The lowest BCUT2D eigenvalue weighted by Crippen LogP contribution is -2.13. The second-order valence-corrected chi connectivity index (χ2v) is 3.66. The summed E-state index contributed by atoms with van der Waals surface area (Å²) in [4.78, 5) is 14.5. The third-order valence-electron chi connectivity index (χ3n) is 2.37. The molecule has 0 aliphatic heterocycles. The normalized spacial score (nSPS) is 10.5. The SMILES string of the molecule is COc1ccc(C=NNc2cn[nH]c(=O)n2)cc1OC. The maximum absolute atomic E-state index is 10.9. The number of methoxy groups -OCH3 is 2. The Labute approximate surface area is 114 Å². The fourth-order valence-corrected chi connectivity index (χ4v) is 1.47. The monoisotopic (exact) mass is 275 g/mol. The quantitative estimate of drug-likeness (QED) is 0.613. The number of hydrazone groups is 1. The number of nitrogens with zero attached hydrogens (tertiary/aromatic N) is 3. The van der Waals surface area contributed by atoms with E-state index in [1.807, 2.05) is 6.07 Å². The van der Waals surface area contributed by atoms with Gasteiger partial charge in [0.25, 0.3) is 0 Å². The van der Waals surface area contributed by atoms with Gasteiger partial charge < -0.3 is 9.47 Å². The lowest BCUT2D eigenvalue weighted by molar-refractivity contribution is 0.355. The molecule has 1 aromatic heterocycles. The Kier molecular flexibility index (Phi) is 4.28. The van der Waals surface area contributed by atoms with Crippen LogP contribution in [0.4, 0.5) is 5.82 Å². The van der Waals surface area contributed by atoms with Gasteiger partial charge in [0.1, 0.15) is 0 Å². The van der Waals surface area contributed by atoms with E-state index >= 15 is 0 Å². The van der Waals surface area contributed by atoms with Crippen LogP contribution in [0.3, 0.4) is 0 Å². The van der Waals surface area contributed by atoms with Gasteiger partial charge in [-0.15, -0.1) is 0 Å². The molecule has 8 heteroatoms. The molecule has 0 fully saturated rings. The van der Waals surface area contributed by atoms with Gasteiger partial charge in [-0.25, -0.2) is 9.89 Å². The molecule has 104 valence electrons. The van der Waals surface area contributed by atoms with Crippen molar-refractivity contribution >= 4 is 12.0 Å². The Morgan fingerprint density at radius 2 is 2.10 bits per heavy atom. The average Bonchev–Trinajstić information content (AvgIpc) is 2.47. The third-order valence-corrected chi connectivity index (χ3v) is 2.37. The van der Waals surface area contributed by atoms with E-state index in [0.717, 1.165) is 5.56 Å². The molecule has 0 amide bonds. The molecule has 0 aliphatic carbocycles. The summed E-state index contributed by atoms with van der Waals surface area (Å²) in [5.74, 6) is 1.50. The molecule has 0 bridgehead atoms. The fourth-order valence-electron chi connectivity index (χ4n) is 1.47. The van der Waals surface area contributed by atoms with Gasteiger partial charge in [-0.05, 0) is 23.8 Å². The van der Waals surface area contributed by atoms with Crippen LogP contribution in [0.1, 0.15) is 5.56 Å². The number of nitrogens with one attached hydrogen (secondary N) is 2. The van der Waals surface area contributed by atoms with Crippen molar-refractivity contribution in [2.75, 3.05) is 19.6 Å². The number of benzene rings is 1. The van der Waals surface area contributed by atoms with Crippen molar-refractivity contribution in [2.24, 2.45) is 5.10 Å². The Bertz CT molecular complexity index is 668. The summed E-state index contributed by atoms with van der Waals surface area (Å²) in [6.07, 6.45) is 2.91. The molecule has 1 heterocycles. The van der Waals surface area contributed by atoms with Gasteiger partial charge in [0, 0.05) is 0 Å². The number of hydrogen-bond donors (Lipinski definition) is 2. The summed E-state index contributed by atoms with van der Waals surface area (Å²) in [5, 5.41) is 9.71. The van der Waals surface area contributed by atoms with Crippen LogP contribution < -0.4 is 20.6 Å². The molecule has 0 saturated carbocycles. The second kappa shape index (κ2) is 6.32. The number of ether oxygens (including phenoxy) is 2. The molecule has 2 rings (SSSR count). The Balaban J connectivity index is 2.10. The zero-order valence-corrected chi connectivity index (χ0v) is 11.0. The first-order chi connectivity index (χ1) is 9.72. The van der Waals surface area contributed by atoms with Crippen molar-refractivity contribution in [2.45, 2.75) is 0 Å². The van der Waals surface area contributed by atoms with E-state index in [1.54, 1.807) is 32.6 Å².